The molecule has 0 aromatic rings. The van der Waals surface area contributed by atoms with Gasteiger partial charge in [-0.05, 0) is 0 Å². The van der Waals surface area contributed by atoms with Gasteiger partial charge in [-0.15, -0.1) is 23.2 Å². The van der Waals surface area contributed by atoms with Gasteiger partial charge in [0.05, 0.1) is 11.9 Å². The van der Waals surface area contributed by atoms with E-state index < -0.39 is 0 Å². The highest BCUT2D eigenvalue weighted by Gasteiger charge is 1.56. The van der Waals surface area contributed by atoms with E-state index in [-0.39, 0.29) is 17.4 Å². The molecule has 0 fully saturated rings. The number of aliphatic hydroxyl groups is 1. The molecule has 0 amide bonds. The molecule has 0 unspecified atom stereocenters. The van der Waals surface area contributed by atoms with Crippen LogP contribution in [0.1, 0.15) is 0 Å². The minimum atomic E-state index is 0. The summed E-state index contributed by atoms with van der Waals surface area (Å²) in [5, 5.41) is 7.94. The van der Waals surface area contributed by atoms with E-state index in [1.54, 1.807) is 0 Å². The quantitative estimate of drug-likeness (QED) is 0.514. The molecule has 0 heterocycles. The minimum Gasteiger partial charge on any atom is -0.412 e. The summed E-state index contributed by atoms with van der Waals surface area (Å²) in [6.07, 6.45) is 0. The molecule has 0 atom stereocenters. The molecule has 0 bridgehead atoms. The van der Waals surface area contributed by atoms with Gasteiger partial charge in [0.15, 0.2) is 0 Å². The Hall–Kier alpha value is 0.460. The molecule has 5 N–H and O–H groups in total. The Morgan fingerprint density at radius 3 is 1.50 bits per heavy atom. The number of rotatable bonds is 1. The van der Waals surface area contributed by atoms with Crippen molar-refractivity contribution in [3.8, 4) is 0 Å². The van der Waals surface area contributed by atoms with Crippen LogP contribution in [0.3, 0.4) is 0 Å². The van der Waals surface area contributed by atoms with Crippen LogP contribution in [-0.2, 0) is 0 Å². The molecule has 8 heavy (non-hydrogen) atoms. The first kappa shape index (κ1) is 15.8. The summed E-state index contributed by atoms with van der Waals surface area (Å²) in [5.74, 6) is 0. The molecule has 0 aliphatic rings. The van der Waals surface area contributed by atoms with E-state index in [9.17, 15) is 0 Å². The number of halogens is 2. The van der Waals surface area contributed by atoms with Gasteiger partial charge in [-0.2, -0.15) is 0 Å². The fourth-order valence-corrected chi connectivity index (χ4v) is 0. The zero-order valence-electron chi connectivity index (χ0n) is 4.40. The molecule has 0 aromatic carbocycles. The van der Waals surface area contributed by atoms with Crippen molar-refractivity contribution in [2.75, 3.05) is 18.5 Å². The van der Waals surface area contributed by atoms with Gasteiger partial charge >= 0.3 is 0 Å². The maximum atomic E-state index is 7.75. The molecule has 5 heteroatoms. The molecule has 0 saturated carbocycles. The van der Waals surface area contributed by atoms with Crippen LogP contribution in [-0.4, -0.2) is 29.1 Å². The lowest BCUT2D eigenvalue weighted by Crippen LogP contribution is -2.02. The smallest absolute Gasteiger partial charge is 0.0967 e. The number of hydrogen-bond acceptors (Lipinski definition) is 2. The lowest BCUT2D eigenvalue weighted by molar-refractivity contribution is 0.306. The number of alkyl halides is 2. The molecule has 0 saturated heterocycles. The SMILES string of the molecule is ClCCl.NCCO.O. The maximum absolute atomic E-state index is 7.75. The number of aliphatic hydroxyl groups excluding tert-OH is 1. The van der Waals surface area contributed by atoms with Gasteiger partial charge in [0.2, 0.25) is 0 Å². The van der Waals surface area contributed by atoms with E-state index >= 15 is 0 Å². The molecule has 0 aliphatic heterocycles. The molecule has 0 radical (unpaired) electrons. The van der Waals surface area contributed by atoms with E-state index in [4.69, 9.17) is 34.0 Å². The van der Waals surface area contributed by atoms with Gasteiger partial charge in [0.25, 0.3) is 0 Å². The fraction of sp³-hybridized carbons (Fsp3) is 1.00. The van der Waals surface area contributed by atoms with Crippen molar-refractivity contribution in [1.82, 2.24) is 0 Å². The van der Waals surface area contributed by atoms with Crippen LogP contribution in [0, 0.1) is 0 Å². The van der Waals surface area contributed by atoms with Crippen LogP contribution >= 0.6 is 23.2 Å². The monoisotopic (exact) mass is 163 g/mol. The molecule has 0 rings (SSSR count). The Balaban J connectivity index is -0.0000000575. The second-order valence-corrected chi connectivity index (χ2v) is 1.42. The van der Waals surface area contributed by atoms with Crippen molar-refractivity contribution in [1.29, 1.82) is 0 Å². The molecule has 0 aromatic heterocycles. The summed E-state index contributed by atoms with van der Waals surface area (Å²) in [5.41, 5.74) is 4.78. The van der Waals surface area contributed by atoms with Crippen molar-refractivity contribution in [3.05, 3.63) is 0 Å². The zero-order valence-corrected chi connectivity index (χ0v) is 5.91. The normalized spacial score (nSPS) is 6.00. The van der Waals surface area contributed by atoms with Gasteiger partial charge in [-0.3, -0.25) is 0 Å². The lowest BCUT2D eigenvalue weighted by atomic mass is 10.8. The molecule has 0 aliphatic carbocycles. The lowest BCUT2D eigenvalue weighted by Gasteiger charge is -1.71. The summed E-state index contributed by atoms with van der Waals surface area (Å²) in [6, 6.07) is 0. The molecule has 3 nitrogen and oxygen atoms in total. The third kappa shape index (κ3) is 90.3. The van der Waals surface area contributed by atoms with Gasteiger partial charge < -0.3 is 16.3 Å². The number of hydrogen-bond donors (Lipinski definition) is 2. The Morgan fingerprint density at radius 2 is 1.50 bits per heavy atom. The Bertz CT molecular complexity index is 22.8. The van der Waals surface area contributed by atoms with Crippen LogP contribution in [0.15, 0.2) is 0 Å². The second kappa shape index (κ2) is 26.0. The Morgan fingerprint density at radius 1 is 1.38 bits per heavy atom. The van der Waals surface area contributed by atoms with Crippen LogP contribution < -0.4 is 5.73 Å². The highest BCUT2D eigenvalue weighted by atomic mass is 35.5. The summed E-state index contributed by atoms with van der Waals surface area (Å²) in [7, 11) is 0. The van der Waals surface area contributed by atoms with Crippen molar-refractivity contribution in [2.24, 2.45) is 5.73 Å². The van der Waals surface area contributed by atoms with Gasteiger partial charge in [0.1, 0.15) is 0 Å². The van der Waals surface area contributed by atoms with Crippen molar-refractivity contribution >= 4 is 23.2 Å². The first-order valence-corrected chi connectivity index (χ1v) is 2.83. The predicted molar refractivity (Wildman–Crippen MR) is 36.3 cm³/mol. The van der Waals surface area contributed by atoms with Crippen LogP contribution in [0.25, 0.3) is 0 Å². The van der Waals surface area contributed by atoms with Crippen LogP contribution in [0.5, 0.6) is 0 Å². The Kier molecular flexibility index (Phi) is 51.3. The van der Waals surface area contributed by atoms with Crippen LogP contribution in [0.2, 0.25) is 0 Å². The zero-order chi connectivity index (χ0) is 6.12. The maximum Gasteiger partial charge on any atom is 0.0967 e. The predicted octanol–water partition coefficient (Wildman–Crippen LogP) is -0.466. The average Bonchev–Trinajstić information content (AvgIpc) is 1.69. The highest BCUT2D eigenvalue weighted by molar-refractivity contribution is 6.40. The van der Waals surface area contributed by atoms with E-state index in [0.717, 1.165) is 0 Å². The third-order valence-corrected chi connectivity index (χ3v) is 0.129. The van der Waals surface area contributed by atoms with Crippen LogP contribution in [0.4, 0.5) is 0 Å². The van der Waals surface area contributed by atoms with Gasteiger partial charge in [0, 0.05) is 6.54 Å². The van der Waals surface area contributed by atoms with Crippen molar-refractivity contribution < 1.29 is 10.6 Å². The van der Waals surface area contributed by atoms with Gasteiger partial charge in [-0.25, -0.2) is 0 Å². The summed E-state index contributed by atoms with van der Waals surface area (Å²) < 4.78 is 0. The van der Waals surface area contributed by atoms with E-state index in [0.29, 0.717) is 6.54 Å². The first-order valence-electron chi connectivity index (χ1n) is 1.76. The summed E-state index contributed by atoms with van der Waals surface area (Å²) >= 11 is 9.53. The van der Waals surface area contributed by atoms with Crippen molar-refractivity contribution in [2.45, 2.75) is 0 Å². The summed E-state index contributed by atoms with van der Waals surface area (Å²) in [6.45, 7) is 0.472. The first-order chi connectivity index (χ1) is 3.33. The third-order valence-electron chi connectivity index (χ3n) is 0.129. The largest absolute Gasteiger partial charge is 0.412 e. The van der Waals surface area contributed by atoms with E-state index in [1.165, 1.54) is 0 Å². The summed E-state index contributed by atoms with van der Waals surface area (Å²) in [4.78, 5) is 0. The standard InChI is InChI=1S/C2H7NO.CH2Cl2.H2O/c3-1-2-4;2-1-3;/h4H,1-3H2;1H2;1H2. The van der Waals surface area contributed by atoms with E-state index in [2.05, 4.69) is 0 Å². The Labute approximate surface area is 58.7 Å². The molecule has 54 valence electrons. The fourth-order valence-electron chi connectivity index (χ4n) is 0. The van der Waals surface area contributed by atoms with Gasteiger partial charge in [-0.1, -0.05) is 0 Å². The second-order valence-electron chi connectivity index (χ2n) is 0.613. The minimum absolute atomic E-state index is 0. The topological polar surface area (TPSA) is 77.8 Å². The molecular formula is C3H11Cl2NO2. The molecular weight excluding hydrogens is 153 g/mol. The average molecular weight is 164 g/mol. The van der Waals surface area contributed by atoms with E-state index in [1.807, 2.05) is 0 Å². The highest BCUT2D eigenvalue weighted by Crippen LogP contribution is 1.73. The number of nitrogens with two attached hydrogens (primary N) is 1. The van der Waals surface area contributed by atoms with Crippen molar-refractivity contribution in [3.63, 3.8) is 0 Å². The molecule has 0 spiro atoms.